The van der Waals surface area contributed by atoms with Gasteiger partial charge in [-0.05, 0) is 30.5 Å². The smallest absolute Gasteiger partial charge is 0.349 e. The van der Waals surface area contributed by atoms with Crippen molar-refractivity contribution in [2.45, 2.75) is 20.3 Å². The minimum Gasteiger partial charge on any atom is -0.508 e. The Bertz CT molecular complexity index is 688. The van der Waals surface area contributed by atoms with Crippen LogP contribution < -0.4 is 10.9 Å². The minimum absolute atomic E-state index is 0.00906. The first kappa shape index (κ1) is 14.1. The van der Waals surface area contributed by atoms with E-state index in [0.717, 1.165) is 6.42 Å². The summed E-state index contributed by atoms with van der Waals surface area (Å²) in [6, 6.07) is 5.89. The highest BCUT2D eigenvalue weighted by Crippen LogP contribution is 2.19. The monoisotopic (exact) mass is 275 g/mol. The number of phenols is 1. The zero-order valence-electron chi connectivity index (χ0n) is 11.5. The van der Waals surface area contributed by atoms with Gasteiger partial charge in [0.1, 0.15) is 16.9 Å². The highest BCUT2D eigenvalue weighted by atomic mass is 16.4. The van der Waals surface area contributed by atoms with Crippen LogP contribution in [0, 0.1) is 5.92 Å². The molecule has 1 heterocycles. The standard InChI is InChI=1S/C15H17NO4/c1-9(2)5-6-16-14(18)12-7-10-3-4-11(17)8-13(10)20-15(12)19/h3-4,7-9,17H,5-6H2,1-2H3,(H,16,18). The molecule has 106 valence electrons. The van der Waals surface area contributed by atoms with E-state index in [1.54, 1.807) is 6.07 Å². The van der Waals surface area contributed by atoms with Gasteiger partial charge in [0, 0.05) is 18.0 Å². The number of hydrogen-bond acceptors (Lipinski definition) is 4. The zero-order chi connectivity index (χ0) is 14.7. The van der Waals surface area contributed by atoms with Crippen molar-refractivity contribution in [2.24, 2.45) is 5.92 Å². The molecule has 0 spiro atoms. The lowest BCUT2D eigenvalue weighted by Gasteiger charge is -2.07. The Hall–Kier alpha value is -2.30. The van der Waals surface area contributed by atoms with Crippen LogP contribution in [0.3, 0.4) is 0 Å². The number of carbonyl (C=O) groups is 1. The van der Waals surface area contributed by atoms with Gasteiger partial charge in [0.25, 0.3) is 5.91 Å². The van der Waals surface area contributed by atoms with Crippen LogP contribution in [0.4, 0.5) is 0 Å². The third-order valence-corrected chi connectivity index (χ3v) is 2.97. The summed E-state index contributed by atoms with van der Waals surface area (Å²) in [4.78, 5) is 23.7. The number of carbonyl (C=O) groups excluding carboxylic acids is 1. The molecule has 0 aliphatic heterocycles. The third-order valence-electron chi connectivity index (χ3n) is 2.97. The van der Waals surface area contributed by atoms with Gasteiger partial charge in [-0.15, -0.1) is 0 Å². The largest absolute Gasteiger partial charge is 0.508 e. The number of nitrogens with one attached hydrogen (secondary N) is 1. The van der Waals surface area contributed by atoms with Crippen molar-refractivity contribution in [3.05, 3.63) is 40.2 Å². The van der Waals surface area contributed by atoms with Gasteiger partial charge in [0.05, 0.1) is 0 Å². The second-order valence-corrected chi connectivity index (χ2v) is 5.11. The van der Waals surface area contributed by atoms with Gasteiger partial charge in [-0.1, -0.05) is 13.8 Å². The summed E-state index contributed by atoms with van der Waals surface area (Å²) in [5, 5.41) is 12.6. The molecule has 2 N–H and O–H groups in total. The molecular formula is C15H17NO4. The SMILES string of the molecule is CC(C)CCNC(=O)c1cc2ccc(O)cc2oc1=O. The molecule has 0 fully saturated rings. The Balaban J connectivity index is 2.26. The quantitative estimate of drug-likeness (QED) is 0.839. The number of hydrogen-bond donors (Lipinski definition) is 2. The molecule has 0 atom stereocenters. The molecule has 0 saturated heterocycles. The molecule has 5 nitrogen and oxygen atoms in total. The minimum atomic E-state index is -0.704. The van der Waals surface area contributed by atoms with Gasteiger partial charge in [0.2, 0.25) is 0 Å². The van der Waals surface area contributed by atoms with Crippen molar-refractivity contribution < 1.29 is 14.3 Å². The second kappa shape index (κ2) is 5.77. The van der Waals surface area contributed by atoms with Crippen LogP contribution in [0.2, 0.25) is 0 Å². The maximum atomic E-state index is 11.9. The molecule has 2 aromatic rings. The van der Waals surface area contributed by atoms with Crippen LogP contribution in [0.1, 0.15) is 30.6 Å². The number of amides is 1. The van der Waals surface area contributed by atoms with E-state index in [4.69, 9.17) is 4.42 Å². The molecule has 0 aliphatic carbocycles. The number of benzene rings is 1. The number of fused-ring (bicyclic) bond motifs is 1. The number of aromatic hydroxyl groups is 1. The van der Waals surface area contributed by atoms with Crippen LogP contribution in [0.15, 0.2) is 33.5 Å². The molecule has 1 aromatic heterocycles. The van der Waals surface area contributed by atoms with Crippen LogP contribution in [0.5, 0.6) is 5.75 Å². The van der Waals surface area contributed by atoms with Crippen LogP contribution in [-0.2, 0) is 0 Å². The molecule has 1 amide bonds. The van der Waals surface area contributed by atoms with Crippen LogP contribution in [0.25, 0.3) is 11.0 Å². The van der Waals surface area contributed by atoms with Crippen molar-refractivity contribution in [1.82, 2.24) is 5.32 Å². The fourth-order valence-corrected chi connectivity index (χ4v) is 1.83. The van der Waals surface area contributed by atoms with Crippen molar-refractivity contribution in [2.75, 3.05) is 6.54 Å². The molecule has 1 aromatic carbocycles. The van der Waals surface area contributed by atoms with E-state index in [1.165, 1.54) is 18.2 Å². The average molecular weight is 275 g/mol. The summed E-state index contributed by atoms with van der Waals surface area (Å²) in [5.74, 6) is 0.0513. The molecular weight excluding hydrogens is 258 g/mol. The Morgan fingerprint density at radius 1 is 1.35 bits per heavy atom. The first-order valence-electron chi connectivity index (χ1n) is 6.52. The van der Waals surface area contributed by atoms with Crippen molar-refractivity contribution >= 4 is 16.9 Å². The summed E-state index contributed by atoms with van der Waals surface area (Å²) in [6.07, 6.45) is 0.846. The molecule has 0 aliphatic rings. The lowest BCUT2D eigenvalue weighted by atomic mass is 10.1. The highest BCUT2D eigenvalue weighted by molar-refractivity contribution is 5.96. The average Bonchev–Trinajstić information content (AvgIpc) is 2.37. The molecule has 0 radical (unpaired) electrons. The predicted molar refractivity (Wildman–Crippen MR) is 75.9 cm³/mol. The normalized spacial score (nSPS) is 10.9. The van der Waals surface area contributed by atoms with Crippen LogP contribution >= 0.6 is 0 Å². The van der Waals surface area contributed by atoms with Crippen LogP contribution in [-0.4, -0.2) is 17.6 Å². The Morgan fingerprint density at radius 2 is 2.10 bits per heavy atom. The van der Waals surface area contributed by atoms with E-state index in [2.05, 4.69) is 19.2 Å². The van der Waals surface area contributed by atoms with Gasteiger partial charge >= 0.3 is 5.63 Å². The Morgan fingerprint density at radius 3 is 2.80 bits per heavy atom. The first-order valence-corrected chi connectivity index (χ1v) is 6.52. The van der Waals surface area contributed by atoms with Gasteiger partial charge in [-0.2, -0.15) is 0 Å². The van der Waals surface area contributed by atoms with E-state index in [-0.39, 0.29) is 16.9 Å². The Labute approximate surface area is 116 Å². The Kier molecular flexibility index (Phi) is 4.08. The van der Waals surface area contributed by atoms with Crippen molar-refractivity contribution in [1.29, 1.82) is 0 Å². The molecule has 0 unspecified atom stereocenters. The predicted octanol–water partition coefficient (Wildman–Crippen LogP) is 2.27. The van der Waals surface area contributed by atoms with E-state index in [1.807, 2.05) is 0 Å². The molecule has 0 saturated carbocycles. The van der Waals surface area contributed by atoms with E-state index < -0.39 is 11.5 Å². The summed E-state index contributed by atoms with van der Waals surface area (Å²) >= 11 is 0. The summed E-state index contributed by atoms with van der Waals surface area (Å²) in [5.41, 5.74) is -0.467. The van der Waals surface area contributed by atoms with Crippen molar-refractivity contribution in [3.8, 4) is 5.75 Å². The highest BCUT2D eigenvalue weighted by Gasteiger charge is 2.13. The maximum Gasteiger partial charge on any atom is 0.349 e. The molecule has 20 heavy (non-hydrogen) atoms. The van der Waals surface area contributed by atoms with E-state index in [0.29, 0.717) is 17.8 Å². The number of rotatable bonds is 4. The molecule has 2 rings (SSSR count). The van der Waals surface area contributed by atoms with Gasteiger partial charge in [0.15, 0.2) is 0 Å². The summed E-state index contributed by atoms with van der Waals surface area (Å²) in [7, 11) is 0. The van der Waals surface area contributed by atoms with Crippen molar-refractivity contribution in [3.63, 3.8) is 0 Å². The van der Waals surface area contributed by atoms with Gasteiger partial charge in [-0.3, -0.25) is 4.79 Å². The van der Waals surface area contributed by atoms with E-state index in [9.17, 15) is 14.7 Å². The lowest BCUT2D eigenvalue weighted by molar-refractivity contribution is 0.0948. The lowest BCUT2D eigenvalue weighted by Crippen LogP contribution is -2.29. The molecule has 0 bridgehead atoms. The van der Waals surface area contributed by atoms with Gasteiger partial charge in [-0.25, -0.2) is 4.79 Å². The summed E-state index contributed by atoms with van der Waals surface area (Å²) in [6.45, 7) is 4.63. The second-order valence-electron chi connectivity index (χ2n) is 5.11. The summed E-state index contributed by atoms with van der Waals surface area (Å²) < 4.78 is 5.05. The maximum absolute atomic E-state index is 11.9. The number of phenolic OH excluding ortho intramolecular Hbond substituents is 1. The van der Waals surface area contributed by atoms with E-state index >= 15 is 0 Å². The third kappa shape index (κ3) is 3.17. The molecule has 5 heteroatoms. The fraction of sp³-hybridized carbons (Fsp3) is 0.333. The zero-order valence-corrected chi connectivity index (χ0v) is 11.5. The fourth-order valence-electron chi connectivity index (χ4n) is 1.83. The first-order chi connectivity index (χ1) is 9.47. The topological polar surface area (TPSA) is 79.5 Å². The van der Waals surface area contributed by atoms with Gasteiger partial charge < -0.3 is 14.8 Å².